The second-order valence-corrected chi connectivity index (χ2v) is 15.9. The lowest BCUT2D eigenvalue weighted by molar-refractivity contribution is 0.0206. The number of alkyl halides is 1. The van der Waals surface area contributed by atoms with Crippen LogP contribution in [0.5, 0.6) is 11.6 Å². The number of rotatable bonds is 10. The van der Waals surface area contributed by atoms with E-state index in [0.29, 0.717) is 58.6 Å². The number of piperidine rings is 1. The molecule has 0 bridgehead atoms. The zero-order chi connectivity index (χ0) is 36.2. The molecule has 1 N–H and O–H groups in total. The number of nitrogens with one attached hydrogen (secondary N) is 1. The number of nitrogens with zero attached hydrogens (tertiary/aromatic N) is 4. The molecule has 1 aliphatic rings. The van der Waals surface area contributed by atoms with Gasteiger partial charge in [-0.25, -0.2) is 32.6 Å². The SMILES string of the molecule is Cc1ccc2c(CS(=O)(=O)Cc3ccccc3CF)cccc2c1Oc1ncccc1-c1ccnc(N[C@H]2CCCN(C(=O)OC(C)(C)C)C2)n1. The molecule has 1 saturated heterocycles. The van der Waals surface area contributed by atoms with Crippen LogP contribution in [0.4, 0.5) is 15.1 Å². The minimum atomic E-state index is -3.63. The van der Waals surface area contributed by atoms with Crippen molar-refractivity contribution in [1.82, 2.24) is 19.9 Å². The Morgan fingerprint density at radius 2 is 1.69 bits per heavy atom. The fourth-order valence-corrected chi connectivity index (χ4v) is 7.81. The number of sulfone groups is 1. The molecule has 0 radical (unpaired) electrons. The molecule has 3 heterocycles. The highest BCUT2D eigenvalue weighted by Crippen LogP contribution is 2.38. The highest BCUT2D eigenvalue weighted by molar-refractivity contribution is 7.89. The van der Waals surface area contributed by atoms with Crippen LogP contribution in [0.15, 0.2) is 85.2 Å². The summed E-state index contributed by atoms with van der Waals surface area (Å²) in [6.45, 7) is 7.86. The standard InChI is InChI=1S/C39H42FN5O5S/c1-26-16-17-31-29(25-51(47,48)24-28-11-6-5-10-27(28)22-40)12-7-14-32(31)35(26)49-36-33(15-8-19-41-36)34-18-20-42-37(44-34)43-30-13-9-21-45(23-30)38(46)50-39(2,3)4/h5-8,10-12,14-20,30H,9,13,21-25H2,1-4H3,(H,42,43,44)/t30-/m0/s1. The molecule has 5 aromatic rings. The molecule has 12 heteroatoms. The van der Waals surface area contributed by atoms with Crippen LogP contribution in [0.3, 0.4) is 0 Å². The lowest BCUT2D eigenvalue weighted by Gasteiger charge is -2.34. The average molecular weight is 712 g/mol. The number of anilines is 1. The van der Waals surface area contributed by atoms with Crippen LogP contribution in [0, 0.1) is 6.92 Å². The van der Waals surface area contributed by atoms with Crippen molar-refractivity contribution in [3.63, 3.8) is 0 Å². The molecule has 0 aliphatic carbocycles. The van der Waals surface area contributed by atoms with Gasteiger partial charge in [0.05, 0.1) is 22.8 Å². The van der Waals surface area contributed by atoms with Gasteiger partial charge in [0, 0.05) is 36.9 Å². The van der Waals surface area contributed by atoms with Gasteiger partial charge in [0.25, 0.3) is 0 Å². The molecule has 6 rings (SSSR count). The number of benzene rings is 3. The normalized spacial score (nSPS) is 15.1. The van der Waals surface area contributed by atoms with E-state index in [0.717, 1.165) is 29.2 Å². The first-order chi connectivity index (χ1) is 24.4. The minimum absolute atomic E-state index is 0.0547. The molecule has 3 aromatic carbocycles. The van der Waals surface area contributed by atoms with E-state index in [1.807, 2.05) is 58.0 Å². The number of carbonyl (C=O) groups is 1. The molecule has 266 valence electrons. The molecule has 1 amide bonds. The lowest BCUT2D eigenvalue weighted by atomic mass is 10.0. The maximum Gasteiger partial charge on any atom is 0.410 e. The first-order valence-electron chi connectivity index (χ1n) is 16.9. The van der Waals surface area contributed by atoms with Crippen LogP contribution in [-0.2, 0) is 32.8 Å². The van der Waals surface area contributed by atoms with Gasteiger partial charge in [-0.1, -0.05) is 54.6 Å². The summed E-state index contributed by atoms with van der Waals surface area (Å²) in [7, 11) is -3.63. The second kappa shape index (κ2) is 15.0. The topological polar surface area (TPSA) is 124 Å². The number of hydrogen-bond acceptors (Lipinski definition) is 9. The smallest absolute Gasteiger partial charge is 0.410 e. The molecule has 1 atom stereocenters. The Labute approximate surface area is 298 Å². The van der Waals surface area contributed by atoms with E-state index in [4.69, 9.17) is 14.5 Å². The van der Waals surface area contributed by atoms with Crippen molar-refractivity contribution in [3.8, 4) is 22.9 Å². The van der Waals surface area contributed by atoms with Gasteiger partial charge in [-0.15, -0.1) is 0 Å². The minimum Gasteiger partial charge on any atom is -0.444 e. The number of aryl methyl sites for hydroxylation is 1. The summed E-state index contributed by atoms with van der Waals surface area (Å²) in [4.78, 5) is 28.2. The van der Waals surface area contributed by atoms with E-state index >= 15 is 0 Å². The number of amides is 1. The number of aromatic nitrogens is 3. The fourth-order valence-electron chi connectivity index (χ4n) is 6.23. The van der Waals surface area contributed by atoms with Crippen molar-refractivity contribution < 1.29 is 27.1 Å². The van der Waals surface area contributed by atoms with E-state index in [1.54, 1.807) is 59.8 Å². The predicted molar refractivity (Wildman–Crippen MR) is 196 cm³/mol. The molecule has 51 heavy (non-hydrogen) atoms. The van der Waals surface area contributed by atoms with Gasteiger partial charge >= 0.3 is 6.09 Å². The number of carbonyl (C=O) groups excluding carboxylic acids is 1. The molecule has 0 unspecified atom stereocenters. The third kappa shape index (κ3) is 8.80. The quantitative estimate of drug-likeness (QED) is 0.153. The summed E-state index contributed by atoms with van der Waals surface area (Å²) in [6.07, 6.45) is 4.64. The van der Waals surface area contributed by atoms with Crippen LogP contribution in [0.25, 0.3) is 22.0 Å². The number of fused-ring (bicyclic) bond motifs is 1. The van der Waals surface area contributed by atoms with Gasteiger partial charge in [0.1, 0.15) is 18.0 Å². The van der Waals surface area contributed by atoms with E-state index in [2.05, 4.69) is 15.3 Å². The summed E-state index contributed by atoms with van der Waals surface area (Å²) in [5.74, 6) is 0.822. The van der Waals surface area contributed by atoms with Crippen molar-refractivity contribution in [2.24, 2.45) is 0 Å². The molecule has 1 aliphatic heterocycles. The molecule has 10 nitrogen and oxygen atoms in total. The number of ether oxygens (including phenoxy) is 2. The van der Waals surface area contributed by atoms with Crippen LogP contribution in [-0.4, -0.2) is 59.1 Å². The predicted octanol–water partition coefficient (Wildman–Crippen LogP) is 8.19. The van der Waals surface area contributed by atoms with Crippen LogP contribution in [0.1, 0.15) is 55.9 Å². The van der Waals surface area contributed by atoms with Gasteiger partial charge < -0.3 is 19.7 Å². The van der Waals surface area contributed by atoms with Crippen LogP contribution in [0.2, 0.25) is 0 Å². The fraction of sp³-hybridized carbons (Fsp3) is 0.333. The zero-order valence-corrected chi connectivity index (χ0v) is 30.0. The largest absolute Gasteiger partial charge is 0.444 e. The van der Waals surface area contributed by atoms with Gasteiger partial charge in [0.15, 0.2) is 9.84 Å². The monoisotopic (exact) mass is 711 g/mol. The second-order valence-electron chi connectivity index (χ2n) is 13.8. The average Bonchev–Trinajstić information content (AvgIpc) is 3.09. The van der Waals surface area contributed by atoms with Gasteiger partial charge in [-0.3, -0.25) is 0 Å². The zero-order valence-electron chi connectivity index (χ0n) is 29.2. The summed E-state index contributed by atoms with van der Waals surface area (Å²) in [5, 5.41) is 4.86. The molecule has 0 spiro atoms. The Hall–Kier alpha value is -5.10. The summed E-state index contributed by atoms with van der Waals surface area (Å²) in [6, 6.07) is 21.4. The van der Waals surface area contributed by atoms with E-state index < -0.39 is 22.1 Å². The summed E-state index contributed by atoms with van der Waals surface area (Å²) >= 11 is 0. The Morgan fingerprint density at radius 3 is 2.47 bits per heavy atom. The van der Waals surface area contributed by atoms with E-state index in [9.17, 15) is 17.6 Å². The van der Waals surface area contributed by atoms with Crippen molar-refractivity contribution in [1.29, 1.82) is 0 Å². The first-order valence-corrected chi connectivity index (χ1v) is 18.8. The molecular formula is C39H42FN5O5S. The Kier molecular flexibility index (Phi) is 10.5. The Balaban J connectivity index is 1.24. The maximum atomic E-state index is 13.5. The van der Waals surface area contributed by atoms with Crippen LogP contribution >= 0.6 is 0 Å². The molecule has 2 aromatic heterocycles. The van der Waals surface area contributed by atoms with Gasteiger partial charge in [0.2, 0.25) is 11.8 Å². The van der Waals surface area contributed by atoms with Gasteiger partial charge in [-0.05, 0) is 86.4 Å². The van der Waals surface area contributed by atoms with Crippen molar-refractivity contribution in [2.75, 3.05) is 18.4 Å². The molecule has 1 fully saturated rings. The lowest BCUT2D eigenvalue weighted by Crippen LogP contribution is -2.47. The summed E-state index contributed by atoms with van der Waals surface area (Å²) < 4.78 is 52.4. The highest BCUT2D eigenvalue weighted by atomic mass is 32.2. The summed E-state index contributed by atoms with van der Waals surface area (Å²) in [5.41, 5.74) is 2.96. The van der Waals surface area contributed by atoms with Crippen molar-refractivity contribution in [3.05, 3.63) is 107 Å². The van der Waals surface area contributed by atoms with Crippen LogP contribution < -0.4 is 10.1 Å². The number of likely N-dealkylation sites (tertiary alicyclic amines) is 1. The number of halogens is 1. The number of hydrogen-bond donors (Lipinski definition) is 1. The van der Waals surface area contributed by atoms with E-state index in [1.165, 1.54) is 0 Å². The third-order valence-electron chi connectivity index (χ3n) is 8.62. The number of pyridine rings is 1. The maximum absolute atomic E-state index is 13.5. The van der Waals surface area contributed by atoms with Gasteiger partial charge in [-0.2, -0.15) is 0 Å². The Morgan fingerprint density at radius 1 is 0.922 bits per heavy atom. The van der Waals surface area contributed by atoms with Crippen molar-refractivity contribution >= 4 is 32.7 Å². The Bertz CT molecular complexity index is 2150. The molecule has 0 saturated carbocycles. The van der Waals surface area contributed by atoms with Crippen molar-refractivity contribution in [2.45, 2.75) is 70.4 Å². The highest BCUT2D eigenvalue weighted by Gasteiger charge is 2.28. The van der Waals surface area contributed by atoms with E-state index in [-0.39, 0.29) is 23.6 Å². The third-order valence-corrected chi connectivity index (χ3v) is 10.1. The molecular weight excluding hydrogens is 670 g/mol. The first kappa shape index (κ1) is 35.7.